The summed E-state index contributed by atoms with van der Waals surface area (Å²) in [5, 5.41) is 5.26. The lowest BCUT2D eigenvalue weighted by Gasteiger charge is -2.09. The van der Waals surface area contributed by atoms with Crippen molar-refractivity contribution >= 4 is 43.6 Å². The van der Waals surface area contributed by atoms with E-state index in [2.05, 4.69) is 135 Å². The largest absolute Gasteiger partial charge is 0.354 e. The zero-order valence-electron chi connectivity index (χ0n) is 56.2. The van der Waals surface area contributed by atoms with Crippen molar-refractivity contribution in [2.75, 3.05) is 0 Å². The molecule has 9 rings (SSSR count). The molecule has 2 aliphatic heterocycles. The molecular formula is C84H118N4. The Morgan fingerprint density at radius 1 is 0.216 bits per heavy atom. The summed E-state index contributed by atoms with van der Waals surface area (Å²) < 4.78 is 0. The van der Waals surface area contributed by atoms with Crippen LogP contribution in [0.1, 0.15) is 307 Å². The lowest BCUT2D eigenvalue weighted by atomic mass is 9.94. The van der Waals surface area contributed by atoms with Crippen LogP contribution in [0.3, 0.4) is 0 Å². The lowest BCUT2D eigenvalue weighted by molar-refractivity contribution is 0.556. The number of nitrogens with zero attached hydrogens (tertiary/aromatic N) is 2. The first-order valence-corrected chi connectivity index (χ1v) is 37.4. The third kappa shape index (κ3) is 18.4. The van der Waals surface area contributed by atoms with Gasteiger partial charge in [0.15, 0.2) is 0 Å². The first kappa shape index (κ1) is 66.9. The Morgan fingerprint density at radius 2 is 0.386 bits per heavy atom. The van der Waals surface area contributed by atoms with E-state index in [0.717, 1.165) is 51.4 Å². The number of nitrogens with one attached hydrogen (secondary N) is 2. The molecule has 0 saturated carbocycles. The number of fused-ring (bicyclic) bond motifs is 20. The van der Waals surface area contributed by atoms with E-state index >= 15 is 0 Å². The standard InChI is InChI=1S/C84H118N4/c1-5-9-13-17-21-25-29-33-37-41-61-73-77-65-53-45-47-55-67(65)79(85-77)74(62-42-38-34-30-26-22-18-14-10-6-2)81-69-57-49-51-59-71(69)83(87-81)76(64-44-40-36-32-28-24-20-16-12-8-4)84-72-60-52-50-58-70(72)82(88-84)75(63-43-39-35-31-27-23-19-15-11-7-3)80-68-56-48-46-54-66(68)78(73)86-80/h45-60,85,88H,5-44,61-64H2,1-4H3. The Hall–Kier alpha value is -5.48. The molecule has 2 aliphatic rings. The van der Waals surface area contributed by atoms with E-state index in [1.165, 1.54) is 342 Å². The number of aromatic nitrogens is 4. The van der Waals surface area contributed by atoms with E-state index in [9.17, 15) is 0 Å². The molecule has 4 aromatic carbocycles. The third-order valence-corrected chi connectivity index (χ3v) is 20.2. The van der Waals surface area contributed by atoms with Crippen LogP contribution in [-0.4, -0.2) is 19.9 Å². The van der Waals surface area contributed by atoms with E-state index in [0.29, 0.717) is 0 Å². The monoisotopic (exact) mass is 1180 g/mol. The molecular weight excluding hydrogens is 1060 g/mol. The summed E-state index contributed by atoms with van der Waals surface area (Å²) in [6.45, 7) is 9.30. The minimum Gasteiger partial charge on any atom is -0.354 e. The topological polar surface area (TPSA) is 57.4 Å². The van der Waals surface area contributed by atoms with E-state index < -0.39 is 0 Å². The summed E-state index contributed by atoms with van der Waals surface area (Å²) in [4.78, 5) is 21.1. The predicted molar refractivity (Wildman–Crippen MR) is 387 cm³/mol. The van der Waals surface area contributed by atoms with Gasteiger partial charge in [-0.2, -0.15) is 0 Å². The number of aryl methyl sites for hydroxylation is 4. The highest BCUT2D eigenvalue weighted by Crippen LogP contribution is 2.47. The van der Waals surface area contributed by atoms with E-state index in [4.69, 9.17) is 9.97 Å². The number of benzene rings is 4. The Kier molecular flexibility index (Phi) is 28.6. The summed E-state index contributed by atoms with van der Waals surface area (Å²) in [6, 6.07) is 37.5. The van der Waals surface area contributed by atoms with Gasteiger partial charge >= 0.3 is 0 Å². The Labute approximate surface area is 535 Å². The van der Waals surface area contributed by atoms with Gasteiger partial charge in [0.2, 0.25) is 0 Å². The smallest absolute Gasteiger partial charge is 0.0769 e. The van der Waals surface area contributed by atoms with Gasteiger partial charge in [-0.3, -0.25) is 0 Å². The number of aromatic amines is 2. The number of hydrogen-bond acceptors (Lipinski definition) is 2. The van der Waals surface area contributed by atoms with Crippen LogP contribution < -0.4 is 0 Å². The predicted octanol–water partition coefficient (Wildman–Crippen LogP) is 27.1. The van der Waals surface area contributed by atoms with E-state index in [1.807, 2.05) is 0 Å². The molecule has 0 unspecified atom stereocenters. The molecule has 4 heteroatoms. The van der Waals surface area contributed by atoms with Gasteiger partial charge in [-0.25, -0.2) is 9.97 Å². The van der Waals surface area contributed by atoms with Gasteiger partial charge in [-0.1, -0.05) is 356 Å². The molecule has 0 aliphatic carbocycles. The van der Waals surface area contributed by atoms with Crippen molar-refractivity contribution in [1.29, 1.82) is 0 Å². The third-order valence-electron chi connectivity index (χ3n) is 20.2. The zero-order valence-corrected chi connectivity index (χ0v) is 56.2. The lowest BCUT2D eigenvalue weighted by Crippen LogP contribution is -1.95. The second kappa shape index (κ2) is 37.6. The maximum atomic E-state index is 6.16. The second-order valence-electron chi connectivity index (χ2n) is 27.2. The normalized spacial score (nSPS) is 12.0. The summed E-state index contributed by atoms with van der Waals surface area (Å²) in [5.74, 6) is 0. The average Bonchev–Trinajstić information content (AvgIpc) is 1.64. The molecule has 0 amide bonds. The summed E-state index contributed by atoms with van der Waals surface area (Å²) in [5.41, 5.74) is 20.4. The SMILES string of the molecule is CCCCCCCCCCCCc1c2nc(c(CCCCCCCCCCCC)c3[nH]c(c(CCCCCCCCCCCC)c4nc(c(CCCCCCCCCCCC)c5[nH]c1c1ccccc51)-c1ccccc1-4)c1ccccc31)-c1ccccc1-2. The molecule has 0 spiro atoms. The Morgan fingerprint density at radius 3 is 0.580 bits per heavy atom. The van der Waals surface area contributed by atoms with E-state index in [-0.39, 0.29) is 0 Å². The van der Waals surface area contributed by atoms with Gasteiger partial charge in [-0.05, 0) is 51.4 Å². The highest BCUT2D eigenvalue weighted by Gasteiger charge is 2.28. The molecule has 4 nitrogen and oxygen atoms in total. The van der Waals surface area contributed by atoms with Gasteiger partial charge in [0.1, 0.15) is 0 Å². The fraction of sp³-hybridized carbons (Fsp3) is 0.571. The molecule has 88 heavy (non-hydrogen) atoms. The van der Waals surface area contributed by atoms with Crippen LogP contribution >= 0.6 is 0 Å². The van der Waals surface area contributed by atoms with Crippen molar-refractivity contribution in [3.05, 3.63) is 119 Å². The molecule has 7 aromatic rings. The van der Waals surface area contributed by atoms with Crippen molar-refractivity contribution in [2.45, 2.75) is 310 Å². The van der Waals surface area contributed by atoms with Crippen LogP contribution in [0.25, 0.3) is 88.6 Å². The van der Waals surface area contributed by atoms with Crippen LogP contribution in [0.5, 0.6) is 0 Å². The quantitative estimate of drug-likeness (QED) is 0.0374. The van der Waals surface area contributed by atoms with Crippen molar-refractivity contribution in [2.24, 2.45) is 0 Å². The molecule has 0 saturated heterocycles. The fourth-order valence-electron chi connectivity index (χ4n) is 15.1. The minimum absolute atomic E-state index is 0.983. The summed E-state index contributed by atoms with van der Waals surface area (Å²) in [7, 11) is 0. The molecule has 474 valence electrons. The number of H-pyrrole nitrogens is 2. The molecule has 0 radical (unpaired) electrons. The van der Waals surface area contributed by atoms with Crippen LogP contribution in [0.2, 0.25) is 0 Å². The zero-order chi connectivity index (χ0) is 60.8. The van der Waals surface area contributed by atoms with Crippen LogP contribution in [0.4, 0.5) is 0 Å². The maximum Gasteiger partial charge on any atom is 0.0769 e. The van der Waals surface area contributed by atoms with Gasteiger partial charge in [-0.15, -0.1) is 0 Å². The van der Waals surface area contributed by atoms with Crippen LogP contribution in [-0.2, 0) is 25.7 Å². The van der Waals surface area contributed by atoms with Gasteiger partial charge in [0, 0.05) is 66.1 Å². The summed E-state index contributed by atoms with van der Waals surface area (Å²) in [6.07, 6.45) is 56.8. The van der Waals surface area contributed by atoms with Gasteiger partial charge < -0.3 is 9.97 Å². The average molecular weight is 1180 g/mol. The number of unbranched alkanes of at least 4 members (excludes halogenated alkanes) is 36. The molecule has 8 bridgehead atoms. The molecule has 2 N–H and O–H groups in total. The Balaban J connectivity index is 1.24. The van der Waals surface area contributed by atoms with Gasteiger partial charge in [0.25, 0.3) is 0 Å². The van der Waals surface area contributed by atoms with E-state index in [1.54, 1.807) is 0 Å². The number of hydrogen-bond donors (Lipinski definition) is 2. The first-order chi connectivity index (χ1) is 43.7. The van der Waals surface area contributed by atoms with Crippen molar-refractivity contribution in [3.63, 3.8) is 0 Å². The fourth-order valence-corrected chi connectivity index (χ4v) is 15.1. The molecule has 3 aromatic heterocycles. The number of rotatable bonds is 44. The van der Waals surface area contributed by atoms with Crippen molar-refractivity contribution in [1.82, 2.24) is 19.9 Å². The minimum atomic E-state index is 0.983. The maximum absolute atomic E-state index is 6.16. The first-order valence-electron chi connectivity index (χ1n) is 37.4. The molecule has 0 fully saturated rings. The van der Waals surface area contributed by atoms with Crippen LogP contribution in [0.15, 0.2) is 97.1 Å². The van der Waals surface area contributed by atoms with Gasteiger partial charge in [0.05, 0.1) is 44.8 Å². The second-order valence-corrected chi connectivity index (χ2v) is 27.2. The highest BCUT2D eigenvalue weighted by molar-refractivity contribution is 6.13. The molecule has 0 atom stereocenters. The Bertz CT molecular complexity index is 2920. The van der Waals surface area contributed by atoms with Crippen molar-refractivity contribution in [3.8, 4) is 45.0 Å². The van der Waals surface area contributed by atoms with Crippen LogP contribution in [0, 0.1) is 0 Å². The molecule has 5 heterocycles. The van der Waals surface area contributed by atoms with Crippen molar-refractivity contribution < 1.29 is 0 Å². The highest BCUT2D eigenvalue weighted by atomic mass is 14.8. The summed E-state index contributed by atoms with van der Waals surface area (Å²) >= 11 is 0.